The Hall–Kier alpha value is -3.08. The Bertz CT molecular complexity index is 829. The number of carbonyl (C=O) groups is 2. The topological polar surface area (TPSA) is 55.8 Å². The van der Waals surface area contributed by atoms with Crippen molar-refractivity contribution in [3.05, 3.63) is 71.3 Å². The van der Waals surface area contributed by atoms with Gasteiger partial charge in [0, 0.05) is 12.6 Å². The number of fused-ring (bicyclic) bond motifs is 1. The van der Waals surface area contributed by atoms with E-state index < -0.39 is 5.97 Å². The van der Waals surface area contributed by atoms with Gasteiger partial charge in [-0.05, 0) is 24.6 Å². The maximum absolute atomic E-state index is 12.3. The van der Waals surface area contributed by atoms with Crippen LogP contribution in [0.15, 0.2) is 60.2 Å². The minimum absolute atomic E-state index is 0.105. The predicted octanol–water partition coefficient (Wildman–Crippen LogP) is 3.23. The number of nitrogens with zero attached hydrogens (tertiary/aromatic N) is 1. The van der Waals surface area contributed by atoms with Crippen molar-refractivity contribution in [3.63, 3.8) is 0 Å². The number of hydrogen-bond donors (Lipinski definition) is 0. The van der Waals surface area contributed by atoms with Gasteiger partial charge in [-0.1, -0.05) is 48.5 Å². The van der Waals surface area contributed by atoms with E-state index in [9.17, 15) is 9.59 Å². The van der Waals surface area contributed by atoms with Crippen LogP contribution in [-0.4, -0.2) is 37.0 Å². The van der Waals surface area contributed by atoms with Crippen molar-refractivity contribution in [2.45, 2.75) is 13.0 Å². The second kappa shape index (κ2) is 7.87. The van der Waals surface area contributed by atoms with Gasteiger partial charge in [0.25, 0.3) is 5.91 Å². The molecule has 0 fully saturated rings. The lowest BCUT2D eigenvalue weighted by Crippen LogP contribution is -2.34. The molecule has 0 spiro atoms. The van der Waals surface area contributed by atoms with Crippen LogP contribution in [0.3, 0.4) is 0 Å². The maximum atomic E-state index is 12.3. The summed E-state index contributed by atoms with van der Waals surface area (Å²) in [6.07, 6.45) is 1.74. The summed E-state index contributed by atoms with van der Waals surface area (Å²) in [5.74, 6) is -0.0578. The van der Waals surface area contributed by atoms with Crippen LogP contribution >= 0.6 is 0 Å². The van der Waals surface area contributed by atoms with Gasteiger partial charge in [0.15, 0.2) is 6.61 Å². The molecular formula is C21H21NO4. The second-order valence-corrected chi connectivity index (χ2v) is 6.16. The van der Waals surface area contributed by atoms with Gasteiger partial charge in [-0.25, -0.2) is 4.79 Å². The van der Waals surface area contributed by atoms with Crippen LogP contribution in [0.1, 0.15) is 24.1 Å². The molecule has 134 valence electrons. The Morgan fingerprint density at radius 2 is 1.81 bits per heavy atom. The molecule has 1 heterocycles. The number of likely N-dealkylation sites (N-methyl/N-ethyl adjacent to an activating group) is 1. The molecule has 0 unspecified atom stereocenters. The van der Waals surface area contributed by atoms with Gasteiger partial charge in [0.05, 0.1) is 11.6 Å². The van der Waals surface area contributed by atoms with Crippen LogP contribution < -0.4 is 4.74 Å². The summed E-state index contributed by atoms with van der Waals surface area (Å²) in [7, 11) is 1.70. The van der Waals surface area contributed by atoms with E-state index in [4.69, 9.17) is 9.47 Å². The van der Waals surface area contributed by atoms with Gasteiger partial charge in [-0.15, -0.1) is 0 Å². The van der Waals surface area contributed by atoms with Crippen LogP contribution in [0.25, 0.3) is 6.08 Å². The SMILES string of the molecule is C[C@@H](c1ccccc1)N(C)C(=O)COC(=O)C1=Cc2ccccc2OC1. The lowest BCUT2D eigenvalue weighted by Gasteiger charge is -2.25. The number of carbonyl (C=O) groups excluding carboxylic acids is 2. The van der Waals surface area contributed by atoms with Crippen molar-refractivity contribution >= 4 is 18.0 Å². The first kappa shape index (κ1) is 17.7. The maximum Gasteiger partial charge on any atom is 0.338 e. The molecule has 1 atom stereocenters. The number of rotatable bonds is 5. The lowest BCUT2D eigenvalue weighted by atomic mass is 10.1. The van der Waals surface area contributed by atoms with Crippen molar-refractivity contribution in [3.8, 4) is 5.75 Å². The van der Waals surface area contributed by atoms with E-state index in [0.717, 1.165) is 16.9 Å². The van der Waals surface area contributed by atoms with E-state index in [0.29, 0.717) is 5.57 Å². The summed E-state index contributed by atoms with van der Waals surface area (Å²) in [5, 5.41) is 0. The minimum Gasteiger partial charge on any atom is -0.488 e. The molecule has 1 aliphatic rings. The standard InChI is InChI=1S/C21H21NO4/c1-15(16-8-4-3-5-9-16)22(2)20(23)14-26-21(24)18-12-17-10-6-7-11-19(17)25-13-18/h3-12,15H,13-14H2,1-2H3/t15-/m0/s1. The van der Waals surface area contributed by atoms with Gasteiger partial charge in [0.2, 0.25) is 0 Å². The molecule has 5 nitrogen and oxygen atoms in total. The minimum atomic E-state index is -0.534. The molecule has 0 aliphatic carbocycles. The number of para-hydroxylation sites is 1. The predicted molar refractivity (Wildman–Crippen MR) is 98.5 cm³/mol. The molecule has 0 N–H and O–H groups in total. The van der Waals surface area contributed by atoms with Crippen molar-refractivity contribution < 1.29 is 19.1 Å². The highest BCUT2D eigenvalue weighted by molar-refractivity contribution is 5.96. The van der Waals surface area contributed by atoms with Gasteiger partial charge in [-0.2, -0.15) is 0 Å². The first-order valence-electron chi connectivity index (χ1n) is 8.46. The Morgan fingerprint density at radius 3 is 2.58 bits per heavy atom. The average molecular weight is 351 g/mol. The third kappa shape index (κ3) is 3.94. The van der Waals surface area contributed by atoms with Gasteiger partial charge >= 0.3 is 5.97 Å². The van der Waals surface area contributed by atoms with E-state index in [1.165, 1.54) is 0 Å². The average Bonchev–Trinajstić information content (AvgIpc) is 2.70. The lowest BCUT2D eigenvalue weighted by molar-refractivity contribution is -0.149. The third-order valence-corrected chi connectivity index (χ3v) is 4.48. The van der Waals surface area contributed by atoms with E-state index in [1.54, 1.807) is 18.0 Å². The summed E-state index contributed by atoms with van der Waals surface area (Å²) in [6, 6.07) is 17.1. The summed E-state index contributed by atoms with van der Waals surface area (Å²) >= 11 is 0. The molecule has 0 bridgehead atoms. The smallest absolute Gasteiger partial charge is 0.338 e. The fourth-order valence-corrected chi connectivity index (χ4v) is 2.73. The number of benzene rings is 2. The highest BCUT2D eigenvalue weighted by Crippen LogP contribution is 2.26. The van der Waals surface area contributed by atoms with Crippen molar-refractivity contribution in [2.24, 2.45) is 0 Å². The second-order valence-electron chi connectivity index (χ2n) is 6.16. The molecule has 26 heavy (non-hydrogen) atoms. The monoisotopic (exact) mass is 351 g/mol. The molecule has 0 saturated heterocycles. The molecule has 0 radical (unpaired) electrons. The molecule has 2 aromatic carbocycles. The Balaban J connectivity index is 1.58. The van der Waals surface area contributed by atoms with E-state index in [2.05, 4.69) is 0 Å². The largest absolute Gasteiger partial charge is 0.488 e. The molecule has 5 heteroatoms. The Kier molecular flexibility index (Phi) is 5.37. The van der Waals surface area contributed by atoms with Crippen molar-refractivity contribution in [2.75, 3.05) is 20.3 Å². The molecule has 0 aromatic heterocycles. The molecule has 2 aromatic rings. The van der Waals surface area contributed by atoms with Gasteiger partial charge in [-0.3, -0.25) is 4.79 Å². The first-order valence-corrected chi connectivity index (χ1v) is 8.46. The van der Waals surface area contributed by atoms with Crippen LogP contribution in [0.4, 0.5) is 0 Å². The Labute approximate surface area is 152 Å². The van der Waals surface area contributed by atoms with E-state index >= 15 is 0 Å². The quantitative estimate of drug-likeness (QED) is 0.776. The summed E-state index contributed by atoms with van der Waals surface area (Å²) in [5.41, 5.74) is 2.25. The van der Waals surface area contributed by atoms with Crippen LogP contribution in [0.2, 0.25) is 0 Å². The van der Waals surface area contributed by atoms with Crippen molar-refractivity contribution in [1.82, 2.24) is 4.90 Å². The van der Waals surface area contributed by atoms with Gasteiger partial charge in [0.1, 0.15) is 12.4 Å². The summed E-state index contributed by atoms with van der Waals surface area (Å²) in [4.78, 5) is 26.1. The molecule has 1 amide bonds. The normalized spacial score (nSPS) is 13.7. The van der Waals surface area contributed by atoms with Crippen LogP contribution in [0.5, 0.6) is 5.75 Å². The molecular weight excluding hydrogens is 330 g/mol. The molecule has 3 rings (SSSR count). The highest BCUT2D eigenvalue weighted by atomic mass is 16.5. The molecule has 0 saturated carbocycles. The Morgan fingerprint density at radius 1 is 1.12 bits per heavy atom. The summed E-state index contributed by atoms with van der Waals surface area (Å²) in [6.45, 7) is 1.77. The van der Waals surface area contributed by atoms with E-state index in [-0.39, 0.29) is 25.2 Å². The summed E-state index contributed by atoms with van der Waals surface area (Å²) < 4.78 is 10.7. The third-order valence-electron chi connectivity index (χ3n) is 4.48. The number of ether oxygens (including phenoxy) is 2. The fraction of sp³-hybridized carbons (Fsp3) is 0.238. The number of amides is 1. The van der Waals surface area contributed by atoms with Crippen LogP contribution in [-0.2, 0) is 14.3 Å². The zero-order chi connectivity index (χ0) is 18.5. The first-order chi connectivity index (χ1) is 12.6. The van der Waals surface area contributed by atoms with Gasteiger partial charge < -0.3 is 14.4 Å². The fourth-order valence-electron chi connectivity index (χ4n) is 2.73. The zero-order valence-electron chi connectivity index (χ0n) is 14.8. The number of esters is 1. The van der Waals surface area contributed by atoms with Crippen LogP contribution in [0, 0.1) is 0 Å². The molecule has 1 aliphatic heterocycles. The van der Waals surface area contributed by atoms with E-state index in [1.807, 2.05) is 61.5 Å². The number of hydrogen-bond acceptors (Lipinski definition) is 4. The van der Waals surface area contributed by atoms with Crippen molar-refractivity contribution in [1.29, 1.82) is 0 Å². The zero-order valence-corrected chi connectivity index (χ0v) is 14.8. The highest BCUT2D eigenvalue weighted by Gasteiger charge is 2.22.